The smallest absolute Gasteiger partial charge is 0.384 e. The molecule has 0 saturated heterocycles. The van der Waals surface area contributed by atoms with Crippen molar-refractivity contribution in [3.8, 4) is 11.4 Å². The highest BCUT2D eigenvalue weighted by Crippen LogP contribution is 2.35. The number of nitrogens with two attached hydrogens (primary N) is 1. The van der Waals surface area contributed by atoms with Crippen molar-refractivity contribution in [2.24, 2.45) is 0 Å². The minimum atomic E-state index is -4.62. The van der Waals surface area contributed by atoms with Crippen molar-refractivity contribution in [2.45, 2.75) is 6.18 Å². The van der Waals surface area contributed by atoms with Gasteiger partial charge in [0.2, 0.25) is 0 Å². The molecule has 1 aromatic carbocycles. The van der Waals surface area contributed by atoms with Crippen LogP contribution in [0.3, 0.4) is 0 Å². The minimum Gasteiger partial charge on any atom is -0.384 e. The molecule has 20 heavy (non-hydrogen) atoms. The molecule has 0 atom stereocenters. The number of fused-ring (bicyclic) bond motifs is 1. The van der Waals surface area contributed by atoms with E-state index in [1.807, 2.05) is 0 Å². The van der Waals surface area contributed by atoms with Crippen LogP contribution >= 0.6 is 0 Å². The summed E-state index contributed by atoms with van der Waals surface area (Å²) in [6.07, 6.45) is -4.62. The lowest BCUT2D eigenvalue weighted by molar-refractivity contribution is -0.140. The summed E-state index contributed by atoms with van der Waals surface area (Å²) < 4.78 is 39.3. The third-order valence-electron chi connectivity index (χ3n) is 2.68. The second kappa shape index (κ2) is 4.19. The van der Waals surface area contributed by atoms with E-state index in [4.69, 9.17) is 5.73 Å². The van der Waals surface area contributed by atoms with Gasteiger partial charge in [-0.1, -0.05) is 12.1 Å². The minimum absolute atomic E-state index is 0.00748. The Morgan fingerprint density at radius 1 is 1.05 bits per heavy atom. The topological polar surface area (TPSA) is 80.5 Å². The number of para-hydroxylation sites is 2. The van der Waals surface area contributed by atoms with E-state index in [-0.39, 0.29) is 22.7 Å². The van der Waals surface area contributed by atoms with Gasteiger partial charge in [-0.05, 0) is 12.1 Å². The zero-order valence-electron chi connectivity index (χ0n) is 9.94. The van der Waals surface area contributed by atoms with E-state index < -0.39 is 11.9 Å². The SMILES string of the molecule is Nc1cc(-c2nc3ccccc3nc2C(F)(F)F)n[nH]1. The van der Waals surface area contributed by atoms with E-state index in [9.17, 15) is 13.2 Å². The largest absolute Gasteiger partial charge is 0.435 e. The molecule has 0 amide bonds. The van der Waals surface area contributed by atoms with Gasteiger partial charge in [0.05, 0.1) is 11.0 Å². The molecule has 3 N–H and O–H groups in total. The molecule has 0 bridgehead atoms. The van der Waals surface area contributed by atoms with Crippen LogP contribution in [-0.4, -0.2) is 20.2 Å². The predicted molar refractivity (Wildman–Crippen MR) is 66.5 cm³/mol. The van der Waals surface area contributed by atoms with Crippen LogP contribution in [0.15, 0.2) is 30.3 Å². The van der Waals surface area contributed by atoms with Gasteiger partial charge in [0.1, 0.15) is 17.2 Å². The Balaban J connectivity index is 2.33. The Labute approximate surface area is 110 Å². The molecule has 0 aliphatic rings. The van der Waals surface area contributed by atoms with Gasteiger partial charge < -0.3 is 5.73 Å². The zero-order chi connectivity index (χ0) is 14.3. The molecule has 0 fully saturated rings. The summed E-state index contributed by atoms with van der Waals surface area (Å²) in [5.41, 5.74) is 4.56. The molecule has 2 aromatic heterocycles. The van der Waals surface area contributed by atoms with Crippen LogP contribution in [-0.2, 0) is 6.18 Å². The number of hydrogen-bond acceptors (Lipinski definition) is 4. The number of benzene rings is 1. The number of aromatic nitrogens is 4. The lowest BCUT2D eigenvalue weighted by Gasteiger charge is -2.10. The van der Waals surface area contributed by atoms with Crippen molar-refractivity contribution in [1.29, 1.82) is 0 Å². The summed E-state index contributed by atoms with van der Waals surface area (Å²) in [6.45, 7) is 0. The van der Waals surface area contributed by atoms with Crippen LogP contribution in [0.2, 0.25) is 0 Å². The van der Waals surface area contributed by atoms with E-state index >= 15 is 0 Å². The Bertz CT molecular complexity index is 778. The molecule has 102 valence electrons. The highest BCUT2D eigenvalue weighted by atomic mass is 19.4. The third-order valence-corrected chi connectivity index (χ3v) is 2.68. The standard InChI is InChI=1S/C12H8F3N5/c13-12(14,15)11-10(8-5-9(16)20-19-8)17-6-3-1-2-4-7(6)18-11/h1-5H,(H3,16,19,20). The quantitative estimate of drug-likeness (QED) is 0.717. The van der Waals surface area contributed by atoms with Crippen LogP contribution in [0.4, 0.5) is 19.0 Å². The van der Waals surface area contributed by atoms with Crippen LogP contribution in [0.1, 0.15) is 5.69 Å². The van der Waals surface area contributed by atoms with Crippen molar-refractivity contribution >= 4 is 16.9 Å². The van der Waals surface area contributed by atoms with E-state index in [0.717, 1.165) is 0 Å². The Kier molecular flexibility index (Phi) is 2.60. The summed E-state index contributed by atoms with van der Waals surface area (Å²) in [5.74, 6) is 0.156. The summed E-state index contributed by atoms with van der Waals surface area (Å²) >= 11 is 0. The average molecular weight is 279 g/mol. The van der Waals surface area contributed by atoms with Crippen LogP contribution in [0, 0.1) is 0 Å². The zero-order valence-corrected chi connectivity index (χ0v) is 9.94. The van der Waals surface area contributed by atoms with Crippen LogP contribution < -0.4 is 5.73 Å². The maximum Gasteiger partial charge on any atom is 0.435 e. The summed E-state index contributed by atoms with van der Waals surface area (Å²) in [5, 5.41) is 6.10. The number of halogens is 3. The maximum absolute atomic E-state index is 13.1. The van der Waals surface area contributed by atoms with Crippen molar-refractivity contribution in [2.75, 3.05) is 5.73 Å². The fraction of sp³-hybridized carbons (Fsp3) is 0.0833. The molecule has 8 heteroatoms. The summed E-state index contributed by atoms with van der Waals surface area (Å²) in [4.78, 5) is 7.65. The number of nitrogens with one attached hydrogen (secondary N) is 1. The van der Waals surface area contributed by atoms with Gasteiger partial charge >= 0.3 is 6.18 Å². The molecular formula is C12H8F3N5. The van der Waals surface area contributed by atoms with Crippen molar-refractivity contribution < 1.29 is 13.2 Å². The molecule has 0 saturated carbocycles. The van der Waals surface area contributed by atoms with Gasteiger partial charge in [-0.3, -0.25) is 5.10 Å². The van der Waals surface area contributed by atoms with Gasteiger partial charge in [0, 0.05) is 6.07 Å². The van der Waals surface area contributed by atoms with Crippen LogP contribution in [0.5, 0.6) is 0 Å². The predicted octanol–water partition coefficient (Wildman–Crippen LogP) is 2.62. The average Bonchev–Trinajstić information content (AvgIpc) is 2.83. The maximum atomic E-state index is 13.1. The van der Waals surface area contributed by atoms with Crippen molar-refractivity contribution in [1.82, 2.24) is 20.2 Å². The molecular weight excluding hydrogens is 271 g/mol. The van der Waals surface area contributed by atoms with E-state index in [2.05, 4.69) is 20.2 Å². The second-order valence-corrected chi connectivity index (χ2v) is 4.12. The van der Waals surface area contributed by atoms with E-state index in [0.29, 0.717) is 5.52 Å². The number of nitrogens with zero attached hydrogens (tertiary/aromatic N) is 3. The van der Waals surface area contributed by atoms with Crippen molar-refractivity contribution in [3.05, 3.63) is 36.0 Å². The van der Waals surface area contributed by atoms with Gasteiger partial charge in [0.15, 0.2) is 5.69 Å². The lowest BCUT2D eigenvalue weighted by Crippen LogP contribution is -2.12. The lowest BCUT2D eigenvalue weighted by atomic mass is 10.2. The van der Waals surface area contributed by atoms with Crippen molar-refractivity contribution in [3.63, 3.8) is 0 Å². The van der Waals surface area contributed by atoms with Crippen LogP contribution in [0.25, 0.3) is 22.4 Å². The molecule has 2 heterocycles. The molecule has 0 unspecified atom stereocenters. The molecule has 3 aromatic rings. The molecule has 0 radical (unpaired) electrons. The Morgan fingerprint density at radius 3 is 2.25 bits per heavy atom. The normalized spacial score (nSPS) is 11.9. The number of anilines is 1. The number of nitrogen functional groups attached to an aromatic ring is 1. The first kappa shape index (κ1) is 12.4. The van der Waals surface area contributed by atoms with E-state index in [1.165, 1.54) is 12.1 Å². The molecule has 0 aliphatic carbocycles. The summed E-state index contributed by atoms with van der Waals surface area (Å²) in [7, 11) is 0. The second-order valence-electron chi connectivity index (χ2n) is 4.12. The number of hydrogen-bond donors (Lipinski definition) is 2. The summed E-state index contributed by atoms with van der Waals surface area (Å²) in [6, 6.07) is 7.62. The Hall–Kier alpha value is -2.64. The number of H-pyrrole nitrogens is 1. The number of rotatable bonds is 1. The fourth-order valence-corrected chi connectivity index (χ4v) is 1.83. The van der Waals surface area contributed by atoms with Gasteiger partial charge in [-0.15, -0.1) is 0 Å². The number of aromatic amines is 1. The van der Waals surface area contributed by atoms with Gasteiger partial charge in [-0.25, -0.2) is 9.97 Å². The van der Waals surface area contributed by atoms with Gasteiger partial charge in [0.25, 0.3) is 0 Å². The van der Waals surface area contributed by atoms with E-state index in [1.54, 1.807) is 18.2 Å². The fourth-order valence-electron chi connectivity index (χ4n) is 1.83. The first-order valence-electron chi connectivity index (χ1n) is 5.60. The first-order chi connectivity index (χ1) is 9.45. The first-order valence-corrected chi connectivity index (χ1v) is 5.60. The highest BCUT2D eigenvalue weighted by molar-refractivity contribution is 5.78. The monoisotopic (exact) mass is 279 g/mol. The Morgan fingerprint density at radius 2 is 1.70 bits per heavy atom. The molecule has 0 aliphatic heterocycles. The third kappa shape index (κ3) is 2.04. The highest BCUT2D eigenvalue weighted by Gasteiger charge is 2.37. The molecule has 3 rings (SSSR count). The number of alkyl halides is 3. The van der Waals surface area contributed by atoms with Gasteiger partial charge in [-0.2, -0.15) is 18.3 Å². The molecule has 0 spiro atoms. The molecule has 5 nitrogen and oxygen atoms in total.